The van der Waals surface area contributed by atoms with E-state index >= 15 is 0 Å². The van der Waals surface area contributed by atoms with E-state index in [1.807, 2.05) is 0 Å². The van der Waals surface area contributed by atoms with Gasteiger partial charge in [0.05, 0.1) is 13.1 Å². The molecule has 2 aromatic rings. The largest absolute Gasteiger partial charge is 0.492 e. The van der Waals surface area contributed by atoms with Gasteiger partial charge < -0.3 is 14.3 Å². The SMILES string of the molecule is CC(Oc1ccc(Cl)cc1OC1CN(OC(=O)C(F)(F)F)C1)c1ccc(F)c(F)c1. The first-order valence-electron chi connectivity index (χ1n) is 8.65. The molecular weight excluding hydrogens is 437 g/mol. The van der Waals surface area contributed by atoms with Crippen molar-refractivity contribution in [2.45, 2.75) is 25.3 Å². The summed E-state index contributed by atoms with van der Waals surface area (Å²) < 4.78 is 74.7. The number of halogens is 6. The minimum atomic E-state index is -5.09. The highest BCUT2D eigenvalue weighted by Crippen LogP contribution is 2.35. The van der Waals surface area contributed by atoms with Crippen molar-refractivity contribution >= 4 is 17.6 Å². The van der Waals surface area contributed by atoms with Gasteiger partial charge in [-0.2, -0.15) is 13.2 Å². The molecule has 1 fully saturated rings. The smallest absolute Gasteiger partial charge is 0.484 e. The fourth-order valence-corrected chi connectivity index (χ4v) is 2.76. The summed E-state index contributed by atoms with van der Waals surface area (Å²) in [6.07, 6.45) is -6.34. The Balaban J connectivity index is 1.63. The van der Waals surface area contributed by atoms with Crippen LogP contribution in [0.15, 0.2) is 36.4 Å². The van der Waals surface area contributed by atoms with Crippen LogP contribution in [0.1, 0.15) is 18.6 Å². The Morgan fingerprint density at radius 3 is 2.43 bits per heavy atom. The first-order valence-corrected chi connectivity index (χ1v) is 9.02. The molecule has 1 unspecified atom stereocenters. The summed E-state index contributed by atoms with van der Waals surface area (Å²) >= 11 is 5.97. The summed E-state index contributed by atoms with van der Waals surface area (Å²) in [5.41, 5.74) is 0.378. The number of hydroxylamine groups is 2. The average molecular weight is 452 g/mol. The van der Waals surface area contributed by atoms with E-state index in [1.54, 1.807) is 6.92 Å². The molecule has 0 amide bonds. The van der Waals surface area contributed by atoms with Crippen molar-refractivity contribution in [2.24, 2.45) is 0 Å². The summed E-state index contributed by atoms with van der Waals surface area (Å²) in [4.78, 5) is 15.0. The summed E-state index contributed by atoms with van der Waals surface area (Å²) in [5, 5.41) is 1.13. The van der Waals surface area contributed by atoms with Crippen LogP contribution in [0.2, 0.25) is 5.02 Å². The molecule has 30 heavy (non-hydrogen) atoms. The third-order valence-corrected chi connectivity index (χ3v) is 4.41. The second-order valence-electron chi connectivity index (χ2n) is 6.49. The number of alkyl halides is 3. The maximum atomic E-state index is 13.5. The molecule has 1 atom stereocenters. The molecular formula is C19H15ClF5NO4. The van der Waals surface area contributed by atoms with E-state index in [-0.39, 0.29) is 24.6 Å². The fraction of sp³-hybridized carbons (Fsp3) is 0.316. The highest BCUT2D eigenvalue weighted by Gasteiger charge is 2.44. The zero-order chi connectivity index (χ0) is 22.1. The standard InChI is InChI=1S/C19H15ClF5NO4/c1-10(11-2-4-14(21)15(22)6-11)28-16-5-3-12(20)7-17(16)29-13-8-26(9-13)30-18(27)19(23,24)25/h2-7,10,13H,8-9H2,1H3. The number of carbonyl (C=O) groups excluding carboxylic acids is 1. The average Bonchev–Trinajstić information content (AvgIpc) is 2.63. The van der Waals surface area contributed by atoms with Gasteiger partial charge in [-0.25, -0.2) is 13.6 Å². The number of hydrogen-bond donors (Lipinski definition) is 0. The van der Waals surface area contributed by atoms with Gasteiger partial charge in [-0.15, -0.1) is 5.06 Å². The van der Waals surface area contributed by atoms with Crippen molar-refractivity contribution in [3.63, 3.8) is 0 Å². The molecule has 0 N–H and O–H groups in total. The third-order valence-electron chi connectivity index (χ3n) is 4.17. The Hall–Kier alpha value is -2.59. The van der Waals surface area contributed by atoms with Gasteiger partial charge in [-0.3, -0.25) is 0 Å². The van der Waals surface area contributed by atoms with Crippen LogP contribution in [-0.2, 0) is 9.63 Å². The minimum Gasteiger partial charge on any atom is -0.484 e. The number of rotatable bonds is 6. The minimum absolute atomic E-state index is 0.0908. The first-order chi connectivity index (χ1) is 14.0. The lowest BCUT2D eigenvalue weighted by atomic mass is 10.1. The van der Waals surface area contributed by atoms with E-state index in [4.69, 9.17) is 21.1 Å². The quantitative estimate of drug-likeness (QED) is 0.588. The van der Waals surface area contributed by atoms with Crippen LogP contribution in [0.3, 0.4) is 0 Å². The lowest BCUT2D eigenvalue weighted by Gasteiger charge is -2.37. The molecule has 0 spiro atoms. The van der Waals surface area contributed by atoms with E-state index in [2.05, 4.69) is 4.84 Å². The van der Waals surface area contributed by atoms with E-state index < -0.39 is 36.0 Å². The van der Waals surface area contributed by atoms with Gasteiger partial charge in [0.1, 0.15) is 12.2 Å². The van der Waals surface area contributed by atoms with Gasteiger partial charge in [0, 0.05) is 11.1 Å². The molecule has 11 heteroatoms. The summed E-state index contributed by atoms with van der Waals surface area (Å²) in [5.74, 6) is -3.88. The molecule has 2 aromatic carbocycles. The monoisotopic (exact) mass is 451 g/mol. The van der Waals surface area contributed by atoms with Crippen LogP contribution in [0.4, 0.5) is 22.0 Å². The van der Waals surface area contributed by atoms with E-state index in [0.717, 1.165) is 17.2 Å². The summed E-state index contributed by atoms with van der Waals surface area (Å²) in [6.45, 7) is 1.44. The van der Waals surface area contributed by atoms with Crippen molar-refractivity contribution in [1.29, 1.82) is 0 Å². The summed E-state index contributed by atoms with van der Waals surface area (Å²) in [7, 11) is 0. The second-order valence-corrected chi connectivity index (χ2v) is 6.92. The Morgan fingerprint density at radius 2 is 1.80 bits per heavy atom. The van der Waals surface area contributed by atoms with Crippen LogP contribution in [-0.4, -0.2) is 36.4 Å². The number of carbonyl (C=O) groups is 1. The molecule has 1 aliphatic heterocycles. The van der Waals surface area contributed by atoms with Crippen molar-refractivity contribution in [1.82, 2.24) is 5.06 Å². The highest BCUT2D eigenvalue weighted by atomic mass is 35.5. The molecule has 3 rings (SSSR count). The lowest BCUT2D eigenvalue weighted by molar-refractivity contribution is -0.262. The molecule has 0 aromatic heterocycles. The number of benzene rings is 2. The van der Waals surface area contributed by atoms with Crippen molar-refractivity contribution < 1.29 is 41.1 Å². The molecule has 162 valence electrons. The molecule has 1 aliphatic rings. The van der Waals surface area contributed by atoms with Gasteiger partial charge in [0.15, 0.2) is 23.1 Å². The maximum Gasteiger partial charge on any atom is 0.492 e. The Kier molecular flexibility index (Phi) is 6.37. The Labute approximate surface area is 172 Å². The van der Waals surface area contributed by atoms with Crippen LogP contribution < -0.4 is 9.47 Å². The lowest BCUT2D eigenvalue weighted by Crippen LogP contribution is -2.55. The highest BCUT2D eigenvalue weighted by molar-refractivity contribution is 6.30. The molecule has 0 saturated carbocycles. The fourth-order valence-electron chi connectivity index (χ4n) is 2.59. The molecule has 0 aliphatic carbocycles. The third kappa shape index (κ3) is 5.31. The number of nitrogens with zero attached hydrogens (tertiary/aromatic N) is 1. The van der Waals surface area contributed by atoms with Gasteiger partial charge in [-0.1, -0.05) is 17.7 Å². The topological polar surface area (TPSA) is 48.0 Å². The van der Waals surface area contributed by atoms with Crippen LogP contribution in [0.25, 0.3) is 0 Å². The number of ether oxygens (including phenoxy) is 2. The normalized spacial score (nSPS) is 16.0. The molecule has 0 bridgehead atoms. The van der Waals surface area contributed by atoms with E-state index in [1.165, 1.54) is 24.3 Å². The predicted octanol–water partition coefficient (Wildman–Crippen LogP) is 4.84. The van der Waals surface area contributed by atoms with Gasteiger partial charge >= 0.3 is 12.1 Å². The summed E-state index contributed by atoms with van der Waals surface area (Å²) in [6, 6.07) is 7.84. The van der Waals surface area contributed by atoms with Gasteiger partial charge in [0.2, 0.25) is 0 Å². The van der Waals surface area contributed by atoms with Crippen molar-refractivity contribution in [2.75, 3.05) is 13.1 Å². The van der Waals surface area contributed by atoms with Crippen molar-refractivity contribution in [3.8, 4) is 11.5 Å². The predicted molar refractivity (Wildman–Crippen MR) is 95.0 cm³/mol. The first kappa shape index (κ1) is 22.1. The Morgan fingerprint density at radius 1 is 1.10 bits per heavy atom. The molecule has 0 radical (unpaired) electrons. The molecule has 1 heterocycles. The van der Waals surface area contributed by atoms with Gasteiger partial charge in [0.25, 0.3) is 0 Å². The zero-order valence-corrected chi connectivity index (χ0v) is 16.1. The molecule has 5 nitrogen and oxygen atoms in total. The van der Waals surface area contributed by atoms with Crippen LogP contribution >= 0.6 is 11.6 Å². The van der Waals surface area contributed by atoms with Gasteiger partial charge in [-0.05, 0) is 36.8 Å². The molecule has 1 saturated heterocycles. The zero-order valence-electron chi connectivity index (χ0n) is 15.4. The number of hydrogen-bond acceptors (Lipinski definition) is 5. The van der Waals surface area contributed by atoms with Crippen LogP contribution in [0.5, 0.6) is 11.5 Å². The van der Waals surface area contributed by atoms with E-state index in [9.17, 15) is 26.7 Å². The van der Waals surface area contributed by atoms with Crippen LogP contribution in [0, 0.1) is 11.6 Å². The van der Waals surface area contributed by atoms with E-state index in [0.29, 0.717) is 10.6 Å². The maximum absolute atomic E-state index is 13.5. The van der Waals surface area contributed by atoms with Crippen molar-refractivity contribution in [3.05, 3.63) is 58.6 Å². The Bertz CT molecular complexity index is 934. The second kappa shape index (κ2) is 8.65.